The van der Waals surface area contributed by atoms with Crippen LogP contribution in [0.1, 0.15) is 0 Å². The van der Waals surface area contributed by atoms with Gasteiger partial charge in [0, 0.05) is 21.6 Å². The minimum absolute atomic E-state index is 0.0434. The zero-order valence-electron chi connectivity index (χ0n) is 8.98. The largest absolute Gasteiger partial charge is 0.341 e. The number of nitrogens with zero attached hydrogens (tertiary/aromatic N) is 2. The number of nitrogens with one attached hydrogen (secondary N) is 1. The van der Waals surface area contributed by atoms with Gasteiger partial charge in [0.25, 0.3) is 0 Å². The second kappa shape index (κ2) is 5.02. The highest BCUT2D eigenvalue weighted by atomic mass is 79.9. The molecule has 1 aromatic carbocycles. The molecule has 0 aliphatic heterocycles. The van der Waals surface area contributed by atoms with Crippen molar-refractivity contribution in [3.8, 4) is 6.07 Å². The van der Waals surface area contributed by atoms with Crippen LogP contribution >= 0.6 is 15.9 Å². The lowest BCUT2D eigenvalue weighted by Crippen LogP contribution is -2.27. The summed E-state index contributed by atoms with van der Waals surface area (Å²) < 4.78 is 2.86. The molecule has 0 atom stereocenters. The summed E-state index contributed by atoms with van der Waals surface area (Å²) in [5.74, 6) is -0.163. The van der Waals surface area contributed by atoms with E-state index in [1.807, 2.05) is 41.1 Å². The quantitative estimate of drug-likeness (QED) is 0.880. The monoisotopic (exact) mass is 291 g/mol. The van der Waals surface area contributed by atoms with Gasteiger partial charge in [0.2, 0.25) is 5.91 Å². The lowest BCUT2D eigenvalue weighted by atomic mass is 10.2. The van der Waals surface area contributed by atoms with Gasteiger partial charge < -0.3 is 9.88 Å². The number of hydrogen-bond acceptors (Lipinski definition) is 2. The third-order valence-corrected chi connectivity index (χ3v) is 3.13. The van der Waals surface area contributed by atoms with Gasteiger partial charge in [-0.1, -0.05) is 22.0 Å². The lowest BCUT2D eigenvalue weighted by molar-refractivity contribution is -0.121. The van der Waals surface area contributed by atoms with E-state index in [1.165, 1.54) is 0 Å². The van der Waals surface area contributed by atoms with Gasteiger partial charge in [-0.25, -0.2) is 0 Å². The Balaban J connectivity index is 2.23. The van der Waals surface area contributed by atoms with Crippen LogP contribution in [0.4, 0.5) is 0 Å². The zero-order valence-corrected chi connectivity index (χ0v) is 10.6. The van der Waals surface area contributed by atoms with Crippen molar-refractivity contribution in [3.63, 3.8) is 0 Å². The van der Waals surface area contributed by atoms with Crippen molar-refractivity contribution in [1.82, 2.24) is 9.88 Å². The Hall–Kier alpha value is -1.80. The van der Waals surface area contributed by atoms with Gasteiger partial charge in [-0.05, 0) is 18.2 Å². The molecular formula is C12H10BrN3O. The van der Waals surface area contributed by atoms with Gasteiger partial charge in [0.15, 0.2) is 0 Å². The molecule has 1 N–H and O–H groups in total. The number of carbonyl (C=O) groups is 1. The van der Waals surface area contributed by atoms with E-state index in [0.29, 0.717) is 0 Å². The van der Waals surface area contributed by atoms with Crippen LogP contribution in [0.15, 0.2) is 34.9 Å². The fourth-order valence-corrected chi connectivity index (χ4v) is 2.16. The van der Waals surface area contributed by atoms with E-state index in [4.69, 9.17) is 5.26 Å². The van der Waals surface area contributed by atoms with E-state index < -0.39 is 0 Å². The Morgan fingerprint density at radius 3 is 3.06 bits per heavy atom. The molecule has 17 heavy (non-hydrogen) atoms. The first-order chi connectivity index (χ1) is 8.22. The van der Waals surface area contributed by atoms with Gasteiger partial charge >= 0.3 is 0 Å². The molecule has 0 unspecified atom stereocenters. The predicted molar refractivity (Wildman–Crippen MR) is 68.3 cm³/mol. The average molecular weight is 292 g/mol. The fourth-order valence-electron chi connectivity index (χ4n) is 1.67. The number of rotatable bonds is 3. The van der Waals surface area contributed by atoms with Crippen molar-refractivity contribution in [2.24, 2.45) is 0 Å². The summed E-state index contributed by atoms with van der Waals surface area (Å²) in [6.07, 6.45) is 1.86. The molecule has 0 aliphatic rings. The van der Waals surface area contributed by atoms with E-state index in [0.717, 1.165) is 15.4 Å². The topological polar surface area (TPSA) is 57.8 Å². The molecule has 5 heteroatoms. The molecule has 0 radical (unpaired) electrons. The maximum Gasteiger partial charge on any atom is 0.240 e. The molecule has 1 aromatic heterocycles. The smallest absolute Gasteiger partial charge is 0.240 e. The van der Waals surface area contributed by atoms with Crippen LogP contribution in [0.3, 0.4) is 0 Å². The predicted octanol–water partition coefficient (Wildman–Crippen LogP) is 2.04. The molecular weight excluding hydrogens is 282 g/mol. The van der Waals surface area contributed by atoms with Crippen molar-refractivity contribution in [1.29, 1.82) is 5.26 Å². The molecule has 0 saturated carbocycles. The van der Waals surface area contributed by atoms with Gasteiger partial charge in [0.1, 0.15) is 13.1 Å². The van der Waals surface area contributed by atoms with Crippen molar-refractivity contribution in [2.75, 3.05) is 6.54 Å². The molecule has 0 bridgehead atoms. The van der Waals surface area contributed by atoms with Gasteiger partial charge in [-0.3, -0.25) is 4.79 Å². The van der Waals surface area contributed by atoms with Crippen LogP contribution in [0.5, 0.6) is 0 Å². The third-order valence-electron chi connectivity index (χ3n) is 2.44. The van der Waals surface area contributed by atoms with Crippen LogP contribution < -0.4 is 5.32 Å². The number of fused-ring (bicyclic) bond motifs is 1. The maximum atomic E-state index is 11.5. The highest BCUT2D eigenvalue weighted by molar-refractivity contribution is 9.10. The molecule has 0 saturated heterocycles. The van der Waals surface area contributed by atoms with E-state index in [-0.39, 0.29) is 19.0 Å². The van der Waals surface area contributed by atoms with Crippen LogP contribution in [-0.2, 0) is 11.3 Å². The number of nitriles is 1. The molecule has 0 spiro atoms. The van der Waals surface area contributed by atoms with Crippen LogP contribution in [0.25, 0.3) is 10.9 Å². The minimum atomic E-state index is -0.163. The zero-order chi connectivity index (χ0) is 12.3. The first-order valence-electron chi connectivity index (χ1n) is 5.09. The summed E-state index contributed by atoms with van der Waals surface area (Å²) >= 11 is 3.46. The molecule has 1 amide bonds. The highest BCUT2D eigenvalue weighted by Crippen LogP contribution is 2.24. The summed E-state index contributed by atoms with van der Waals surface area (Å²) in [4.78, 5) is 11.5. The van der Waals surface area contributed by atoms with Crippen molar-refractivity contribution < 1.29 is 4.79 Å². The van der Waals surface area contributed by atoms with Crippen LogP contribution in [0.2, 0.25) is 0 Å². The molecule has 2 rings (SSSR count). The third kappa shape index (κ3) is 2.48. The second-order valence-electron chi connectivity index (χ2n) is 3.55. The Bertz CT molecular complexity index is 597. The number of halogens is 1. The van der Waals surface area contributed by atoms with Gasteiger partial charge in [-0.2, -0.15) is 5.26 Å². The van der Waals surface area contributed by atoms with E-state index in [1.54, 1.807) is 0 Å². The number of aromatic nitrogens is 1. The summed E-state index contributed by atoms with van der Waals surface area (Å²) in [7, 11) is 0. The van der Waals surface area contributed by atoms with Gasteiger partial charge in [-0.15, -0.1) is 0 Å². The van der Waals surface area contributed by atoms with Gasteiger partial charge in [0.05, 0.1) is 6.07 Å². The van der Waals surface area contributed by atoms with E-state index in [2.05, 4.69) is 21.2 Å². The maximum absolute atomic E-state index is 11.5. The first-order valence-corrected chi connectivity index (χ1v) is 5.88. The van der Waals surface area contributed by atoms with Crippen LogP contribution in [0, 0.1) is 11.3 Å². The number of benzene rings is 1. The Kier molecular flexibility index (Phi) is 3.45. The molecule has 0 fully saturated rings. The van der Waals surface area contributed by atoms with Crippen molar-refractivity contribution in [3.05, 3.63) is 34.9 Å². The SMILES string of the molecule is N#CCNC(=O)Cn1ccc2c(Br)cccc21. The summed E-state index contributed by atoms with van der Waals surface area (Å²) in [5.41, 5.74) is 0.992. The average Bonchev–Trinajstić information content (AvgIpc) is 2.71. The molecule has 86 valence electrons. The van der Waals surface area contributed by atoms with Crippen LogP contribution in [-0.4, -0.2) is 17.0 Å². The lowest BCUT2D eigenvalue weighted by Gasteiger charge is -2.05. The summed E-state index contributed by atoms with van der Waals surface area (Å²) in [6.45, 7) is 0.267. The Labute approximate surface area is 107 Å². The fraction of sp³-hybridized carbons (Fsp3) is 0.167. The molecule has 2 aromatic rings. The highest BCUT2D eigenvalue weighted by Gasteiger charge is 2.06. The Morgan fingerprint density at radius 2 is 2.29 bits per heavy atom. The Morgan fingerprint density at radius 1 is 1.47 bits per heavy atom. The molecule has 1 heterocycles. The number of amides is 1. The van der Waals surface area contributed by atoms with E-state index in [9.17, 15) is 4.79 Å². The number of carbonyl (C=O) groups excluding carboxylic acids is 1. The summed E-state index contributed by atoms with van der Waals surface area (Å²) in [5, 5.41) is 12.0. The molecule has 4 nitrogen and oxygen atoms in total. The minimum Gasteiger partial charge on any atom is -0.341 e. The normalized spacial score (nSPS) is 10.1. The van der Waals surface area contributed by atoms with E-state index >= 15 is 0 Å². The van der Waals surface area contributed by atoms with Crippen molar-refractivity contribution in [2.45, 2.75) is 6.54 Å². The summed E-state index contributed by atoms with van der Waals surface area (Å²) in [6, 6.07) is 9.67. The standard InChI is InChI=1S/C12H10BrN3O/c13-10-2-1-3-11-9(10)4-7-16(11)8-12(17)15-6-5-14/h1-4,7H,6,8H2,(H,15,17). The van der Waals surface area contributed by atoms with Crippen molar-refractivity contribution >= 4 is 32.7 Å². The first kappa shape index (κ1) is 11.7. The molecule has 0 aliphatic carbocycles. The number of hydrogen-bond donors (Lipinski definition) is 1. The second-order valence-corrected chi connectivity index (χ2v) is 4.41.